The monoisotopic (exact) mass is 376 g/mol. The van der Waals surface area contributed by atoms with Crippen LogP contribution < -0.4 is 10.2 Å². The number of rotatable bonds is 6. The van der Waals surface area contributed by atoms with E-state index in [4.69, 9.17) is 5.11 Å². The van der Waals surface area contributed by atoms with Crippen LogP contribution in [0.3, 0.4) is 0 Å². The average molecular weight is 376 g/mol. The molecule has 3 N–H and O–H groups in total. The van der Waals surface area contributed by atoms with E-state index in [9.17, 15) is 23.9 Å². The van der Waals surface area contributed by atoms with Crippen molar-refractivity contribution < 1.29 is 29.0 Å². The number of aliphatic carboxylic acids is 1. The number of benzene rings is 1. The normalized spacial score (nSPS) is 27.1. The minimum absolute atomic E-state index is 0.0174. The molecule has 3 unspecified atom stereocenters. The van der Waals surface area contributed by atoms with Crippen LogP contribution in [0.1, 0.15) is 50.1 Å². The summed E-state index contributed by atoms with van der Waals surface area (Å²) in [7, 11) is 0. The average Bonchev–Trinajstić information content (AvgIpc) is 3.35. The number of hydrogen-bond donors (Lipinski definition) is 3. The number of amides is 1. The molecule has 1 aromatic carbocycles. The molecule has 1 aromatic rings. The van der Waals surface area contributed by atoms with Crippen LogP contribution in [0.4, 0.5) is 14.9 Å². The lowest BCUT2D eigenvalue weighted by Gasteiger charge is -2.52. The molecular formula is C19H21FN2O5. The summed E-state index contributed by atoms with van der Waals surface area (Å²) in [6.07, 6.45) is 1.47. The lowest BCUT2D eigenvalue weighted by molar-refractivity contribution is -0.139. The smallest absolute Gasteiger partial charge is 0.412 e. The van der Waals surface area contributed by atoms with Gasteiger partial charge in [-0.05, 0) is 49.3 Å². The van der Waals surface area contributed by atoms with Gasteiger partial charge in [0.15, 0.2) is 5.78 Å². The van der Waals surface area contributed by atoms with Gasteiger partial charge in [0.05, 0.1) is 17.6 Å². The first-order valence-corrected chi connectivity index (χ1v) is 9.17. The van der Waals surface area contributed by atoms with Crippen LogP contribution in [-0.2, 0) is 9.59 Å². The van der Waals surface area contributed by atoms with Crippen molar-refractivity contribution in [1.82, 2.24) is 5.32 Å². The summed E-state index contributed by atoms with van der Waals surface area (Å²) >= 11 is 0. The van der Waals surface area contributed by atoms with Crippen molar-refractivity contribution in [3.8, 4) is 0 Å². The number of nitrogens with zero attached hydrogens (tertiary/aromatic N) is 1. The second-order valence-corrected chi connectivity index (χ2v) is 7.69. The summed E-state index contributed by atoms with van der Waals surface area (Å²) in [5.74, 6) is -1.61. The van der Waals surface area contributed by atoms with Crippen molar-refractivity contribution in [1.29, 1.82) is 0 Å². The zero-order valence-electron chi connectivity index (χ0n) is 14.7. The maximum absolute atomic E-state index is 13.8. The van der Waals surface area contributed by atoms with Gasteiger partial charge in [-0.1, -0.05) is 6.07 Å². The van der Waals surface area contributed by atoms with Crippen LogP contribution in [0, 0.1) is 11.7 Å². The molecular weight excluding hydrogens is 355 g/mol. The van der Waals surface area contributed by atoms with Crippen LogP contribution in [0.5, 0.6) is 0 Å². The van der Waals surface area contributed by atoms with Crippen molar-refractivity contribution in [2.75, 3.05) is 4.90 Å². The van der Waals surface area contributed by atoms with Crippen LogP contribution in [0.2, 0.25) is 0 Å². The highest BCUT2D eigenvalue weighted by Gasteiger charge is 2.55. The van der Waals surface area contributed by atoms with E-state index in [-0.39, 0.29) is 36.6 Å². The van der Waals surface area contributed by atoms with Crippen LogP contribution >= 0.6 is 0 Å². The molecule has 8 heteroatoms. The molecule has 4 rings (SSSR count). The lowest BCUT2D eigenvalue weighted by Crippen LogP contribution is -2.59. The van der Waals surface area contributed by atoms with Gasteiger partial charge in [-0.25, -0.2) is 9.18 Å². The molecule has 1 aliphatic heterocycles. The number of hydrogen-bond acceptors (Lipinski definition) is 4. The highest BCUT2D eigenvalue weighted by atomic mass is 19.1. The molecule has 0 spiro atoms. The Morgan fingerprint density at radius 3 is 2.48 bits per heavy atom. The molecule has 27 heavy (non-hydrogen) atoms. The van der Waals surface area contributed by atoms with Crippen molar-refractivity contribution in [3.05, 3.63) is 29.6 Å². The number of carboxylic acids is 1. The topological polar surface area (TPSA) is 107 Å². The third-order valence-electron chi connectivity index (χ3n) is 6.12. The van der Waals surface area contributed by atoms with E-state index in [0.29, 0.717) is 30.5 Å². The molecule has 3 aliphatic rings. The van der Waals surface area contributed by atoms with E-state index >= 15 is 0 Å². The molecule has 7 nitrogen and oxygen atoms in total. The molecule has 2 fully saturated rings. The van der Waals surface area contributed by atoms with Gasteiger partial charge >= 0.3 is 12.1 Å². The van der Waals surface area contributed by atoms with Gasteiger partial charge in [-0.15, -0.1) is 0 Å². The zero-order chi connectivity index (χ0) is 19.3. The van der Waals surface area contributed by atoms with Crippen molar-refractivity contribution in [2.24, 2.45) is 5.92 Å². The first-order valence-electron chi connectivity index (χ1n) is 9.17. The van der Waals surface area contributed by atoms with E-state index in [1.54, 1.807) is 6.07 Å². The Balaban J connectivity index is 1.63. The number of nitrogens with one attached hydrogen (secondary N) is 1. The minimum atomic E-state index is -1.10. The second kappa shape index (κ2) is 6.30. The van der Waals surface area contributed by atoms with E-state index in [0.717, 1.165) is 6.42 Å². The molecule has 144 valence electrons. The molecule has 0 bridgehead atoms. The van der Waals surface area contributed by atoms with Gasteiger partial charge in [0, 0.05) is 18.5 Å². The Hall–Kier alpha value is -2.48. The molecule has 2 saturated carbocycles. The summed E-state index contributed by atoms with van der Waals surface area (Å²) < 4.78 is 13.8. The van der Waals surface area contributed by atoms with E-state index in [1.165, 1.54) is 17.0 Å². The molecule has 3 atom stereocenters. The van der Waals surface area contributed by atoms with Gasteiger partial charge in [0.1, 0.15) is 5.82 Å². The number of ketones is 1. The highest BCUT2D eigenvalue weighted by molar-refractivity contribution is 5.93. The largest absolute Gasteiger partial charge is 0.481 e. The molecule has 0 radical (unpaired) electrons. The van der Waals surface area contributed by atoms with Gasteiger partial charge in [0.2, 0.25) is 0 Å². The molecule has 1 heterocycles. The van der Waals surface area contributed by atoms with Crippen molar-refractivity contribution >= 4 is 23.5 Å². The number of carbonyl (C=O) groups excluding carboxylic acids is 1. The van der Waals surface area contributed by atoms with Gasteiger partial charge < -0.3 is 10.2 Å². The number of carboxylic acid groups (broad SMARTS) is 2. The van der Waals surface area contributed by atoms with Crippen molar-refractivity contribution in [3.63, 3.8) is 0 Å². The third kappa shape index (κ3) is 2.97. The molecule has 0 saturated heterocycles. The van der Waals surface area contributed by atoms with E-state index in [1.807, 2.05) is 0 Å². The molecule has 2 aliphatic carbocycles. The van der Waals surface area contributed by atoms with Crippen LogP contribution in [0.25, 0.3) is 0 Å². The van der Waals surface area contributed by atoms with Crippen molar-refractivity contribution in [2.45, 2.75) is 56.1 Å². The van der Waals surface area contributed by atoms with Gasteiger partial charge in [-0.3, -0.25) is 19.8 Å². The van der Waals surface area contributed by atoms with Crippen LogP contribution in [-0.4, -0.2) is 39.6 Å². The summed E-state index contributed by atoms with van der Waals surface area (Å²) in [5.41, 5.74) is 0.268. The number of Topliss-reactive ketones (excluding diaryl/α,β-unsaturated/α-hetero) is 1. The Kier molecular flexibility index (Phi) is 4.18. The maximum atomic E-state index is 13.8. The van der Waals surface area contributed by atoms with Gasteiger partial charge in [-0.2, -0.15) is 0 Å². The fraction of sp³-hybridized carbons (Fsp3) is 0.526. The van der Waals surface area contributed by atoms with Crippen LogP contribution in [0.15, 0.2) is 18.2 Å². The number of carbonyl (C=O) groups is 3. The predicted octanol–water partition coefficient (Wildman–Crippen LogP) is 2.70. The summed E-state index contributed by atoms with van der Waals surface area (Å²) in [6.45, 7) is 0. The zero-order valence-corrected chi connectivity index (χ0v) is 14.7. The second-order valence-electron chi connectivity index (χ2n) is 7.69. The molecule has 0 aromatic heterocycles. The molecule has 1 amide bonds. The van der Waals surface area contributed by atoms with Gasteiger partial charge in [0.25, 0.3) is 0 Å². The summed E-state index contributed by atoms with van der Waals surface area (Å²) in [6, 6.07) is 3.65. The van der Waals surface area contributed by atoms with E-state index in [2.05, 4.69) is 5.32 Å². The Labute approximate surface area is 155 Å². The lowest BCUT2D eigenvalue weighted by atomic mass is 9.68. The van der Waals surface area contributed by atoms with E-state index < -0.39 is 23.4 Å². The fourth-order valence-corrected chi connectivity index (χ4v) is 4.43. The first kappa shape index (κ1) is 17.9. The summed E-state index contributed by atoms with van der Waals surface area (Å²) in [4.78, 5) is 36.3. The number of fused-ring (bicyclic) bond motifs is 2. The number of halogens is 1. The SMILES string of the molecule is O=C(O)CCC(=O)C1(NC2c3ccc(F)cc3N(C(=O)O)C3CCC23)CC1. The summed E-state index contributed by atoms with van der Waals surface area (Å²) in [5, 5.41) is 21.8. The Morgan fingerprint density at radius 1 is 1.19 bits per heavy atom. The number of anilines is 1. The Morgan fingerprint density at radius 2 is 1.93 bits per heavy atom. The first-order chi connectivity index (χ1) is 12.8. The fourth-order valence-electron chi connectivity index (χ4n) is 4.43. The highest BCUT2D eigenvalue weighted by Crippen LogP contribution is 2.52. The predicted molar refractivity (Wildman–Crippen MR) is 93.1 cm³/mol. The third-order valence-corrected chi connectivity index (χ3v) is 6.12. The quantitative estimate of drug-likeness (QED) is 0.705. The minimum Gasteiger partial charge on any atom is -0.481 e. The Bertz CT molecular complexity index is 822. The standard InChI is InChI=1S/C19H21FN2O5/c20-10-1-2-12-14(9-10)22(18(26)27)13-4-3-11(13)17(12)21-19(7-8-19)15(23)5-6-16(24)25/h1-2,9,11,13,17,21H,3-8H2,(H,24,25)(H,26,27). The maximum Gasteiger partial charge on any atom is 0.412 e.